The SMILES string of the molecule is Cc1cc(C)c(C(C)(C)C2=[C]([Ti+3])C([Si](C)(C)C)=CC2)c(C)c1.[Cl-].[Cl-].[Cl-]. The molecule has 0 heterocycles. The Balaban J connectivity index is 0. The Morgan fingerprint density at radius 2 is 1.36 bits per heavy atom. The van der Waals surface area contributed by atoms with Gasteiger partial charge in [0.1, 0.15) is 0 Å². The molecule has 0 bridgehead atoms. The van der Waals surface area contributed by atoms with E-state index in [1.165, 1.54) is 22.3 Å². The molecule has 0 aromatic heterocycles. The van der Waals surface area contributed by atoms with E-state index in [9.17, 15) is 0 Å². The second kappa shape index (κ2) is 9.62. The molecule has 0 N–H and O–H groups in total. The van der Waals surface area contributed by atoms with Crippen LogP contribution in [0.4, 0.5) is 0 Å². The normalized spacial score (nSPS) is 14.4. The van der Waals surface area contributed by atoms with Crippen LogP contribution in [-0.2, 0) is 25.9 Å². The zero-order valence-corrected chi connectivity index (χ0v) is 21.4. The number of allylic oxidation sites excluding steroid dienone is 4. The fourth-order valence-corrected chi connectivity index (χ4v) is 8.32. The number of aryl methyl sites for hydroxylation is 3. The van der Waals surface area contributed by atoms with Crippen molar-refractivity contribution in [2.75, 3.05) is 0 Å². The first-order chi connectivity index (χ1) is 9.96. The minimum absolute atomic E-state index is 0. The average molecular weight is 452 g/mol. The van der Waals surface area contributed by atoms with Crippen molar-refractivity contribution in [3.8, 4) is 0 Å². The van der Waals surface area contributed by atoms with Crippen LogP contribution < -0.4 is 37.2 Å². The van der Waals surface area contributed by atoms with Gasteiger partial charge in [-0.05, 0) is 0 Å². The Morgan fingerprint density at radius 3 is 1.72 bits per heavy atom. The smallest absolute Gasteiger partial charge is 1.00 e. The molecule has 0 spiro atoms. The summed E-state index contributed by atoms with van der Waals surface area (Å²) in [5, 5.41) is 1.66. The van der Waals surface area contributed by atoms with Gasteiger partial charge in [-0.1, -0.05) is 0 Å². The standard InChI is InChI=1S/C20H29Si.3ClH.Ti/c1-14-11-15(2)19(16(3)12-14)20(4,5)17-9-10-18(13-17)21(6,7)8;;;;/h10-12H,9H2,1-8H3;3*1H;/q;;;;+3/p-3. The van der Waals surface area contributed by atoms with Crippen molar-refractivity contribution in [3.05, 3.63) is 55.1 Å². The minimum Gasteiger partial charge on any atom is -1.00 e. The second-order valence-electron chi connectivity index (χ2n) is 8.32. The van der Waals surface area contributed by atoms with E-state index in [-0.39, 0.29) is 42.6 Å². The Bertz CT molecular complexity index is 660. The predicted molar refractivity (Wildman–Crippen MR) is 96.8 cm³/mol. The summed E-state index contributed by atoms with van der Waals surface area (Å²) < 4.78 is 1.57. The van der Waals surface area contributed by atoms with Crippen LogP contribution in [-0.4, -0.2) is 8.07 Å². The van der Waals surface area contributed by atoms with Gasteiger partial charge in [-0.25, -0.2) is 0 Å². The molecular formula is C20H29Cl3SiTi. The van der Waals surface area contributed by atoms with Crippen LogP contribution in [0.5, 0.6) is 0 Å². The van der Waals surface area contributed by atoms with Crippen LogP contribution in [0.2, 0.25) is 19.6 Å². The molecule has 0 fully saturated rings. The van der Waals surface area contributed by atoms with Gasteiger partial charge in [0.25, 0.3) is 0 Å². The molecule has 0 amide bonds. The van der Waals surface area contributed by atoms with Crippen molar-refractivity contribution in [1.29, 1.82) is 0 Å². The first kappa shape index (κ1) is 27.7. The van der Waals surface area contributed by atoms with E-state index in [0.29, 0.717) is 0 Å². The Hall–Kier alpha value is 0.501. The molecule has 0 aliphatic heterocycles. The maximum absolute atomic E-state index is 2.51. The van der Waals surface area contributed by atoms with E-state index in [1.54, 1.807) is 14.6 Å². The summed E-state index contributed by atoms with van der Waals surface area (Å²) in [5.41, 5.74) is 7.50. The topological polar surface area (TPSA) is 0 Å². The number of rotatable bonds is 3. The van der Waals surface area contributed by atoms with Crippen LogP contribution in [0.15, 0.2) is 32.9 Å². The van der Waals surface area contributed by atoms with Crippen LogP contribution >= 0.6 is 0 Å². The fourth-order valence-electron chi connectivity index (χ4n) is 4.14. The van der Waals surface area contributed by atoms with Gasteiger partial charge >= 0.3 is 150 Å². The van der Waals surface area contributed by atoms with E-state index in [2.05, 4.69) is 92.9 Å². The third-order valence-corrected chi connectivity index (χ3v) is 8.30. The largest absolute Gasteiger partial charge is 1.00 e. The van der Waals surface area contributed by atoms with Crippen molar-refractivity contribution in [3.63, 3.8) is 0 Å². The third kappa shape index (κ3) is 5.50. The van der Waals surface area contributed by atoms with Gasteiger partial charge in [0, 0.05) is 0 Å². The Kier molecular flexibility index (Phi) is 10.7. The van der Waals surface area contributed by atoms with E-state index in [0.717, 1.165) is 6.42 Å². The molecule has 0 saturated heterocycles. The molecule has 2 rings (SSSR count). The van der Waals surface area contributed by atoms with Gasteiger partial charge in [0.05, 0.1) is 0 Å². The van der Waals surface area contributed by atoms with Crippen molar-refractivity contribution in [2.24, 2.45) is 0 Å². The van der Waals surface area contributed by atoms with Crippen molar-refractivity contribution in [2.45, 2.75) is 66.1 Å². The maximum atomic E-state index is 2.51. The van der Waals surface area contributed by atoms with Crippen LogP contribution in [0, 0.1) is 20.8 Å². The van der Waals surface area contributed by atoms with Crippen molar-refractivity contribution >= 4 is 8.07 Å². The molecule has 1 aliphatic rings. The van der Waals surface area contributed by atoms with E-state index in [1.807, 2.05) is 0 Å². The summed E-state index contributed by atoms with van der Waals surface area (Å²) >= 11 is 2.35. The molecule has 138 valence electrons. The van der Waals surface area contributed by atoms with Crippen molar-refractivity contribution in [1.82, 2.24) is 0 Å². The average Bonchev–Trinajstić information content (AvgIpc) is 2.69. The quantitative estimate of drug-likeness (QED) is 0.428. The molecule has 1 aromatic carbocycles. The van der Waals surface area contributed by atoms with Crippen LogP contribution in [0.25, 0.3) is 0 Å². The van der Waals surface area contributed by atoms with Gasteiger partial charge in [-0.3, -0.25) is 0 Å². The van der Waals surface area contributed by atoms with E-state index in [4.69, 9.17) is 0 Å². The number of hydrogen-bond acceptors (Lipinski definition) is 0. The summed E-state index contributed by atoms with van der Waals surface area (Å²) in [4.78, 5) is 0. The van der Waals surface area contributed by atoms with E-state index < -0.39 is 8.07 Å². The fraction of sp³-hybridized carbons (Fsp3) is 0.500. The first-order valence-electron chi connectivity index (χ1n) is 8.21. The first-order valence-corrected chi connectivity index (χ1v) is 12.5. The zero-order chi connectivity index (χ0) is 16.9. The summed E-state index contributed by atoms with van der Waals surface area (Å²) in [6.07, 6.45) is 3.64. The van der Waals surface area contributed by atoms with Crippen molar-refractivity contribution < 1.29 is 57.7 Å². The number of benzene rings is 1. The van der Waals surface area contributed by atoms with Gasteiger partial charge in [-0.15, -0.1) is 0 Å². The molecule has 5 heteroatoms. The summed E-state index contributed by atoms with van der Waals surface area (Å²) in [6, 6.07) is 4.67. The van der Waals surface area contributed by atoms with Gasteiger partial charge in [0.15, 0.2) is 0 Å². The van der Waals surface area contributed by atoms with Gasteiger partial charge in [0.2, 0.25) is 0 Å². The summed E-state index contributed by atoms with van der Waals surface area (Å²) in [6.45, 7) is 18.9. The van der Waals surface area contributed by atoms with E-state index >= 15 is 0 Å². The zero-order valence-electron chi connectivity index (χ0n) is 16.6. The maximum Gasteiger partial charge on any atom is -1.00 e. The summed E-state index contributed by atoms with van der Waals surface area (Å²) in [5.74, 6) is 0. The number of hydrogen-bond donors (Lipinski definition) is 0. The molecule has 1 aliphatic carbocycles. The van der Waals surface area contributed by atoms with Gasteiger partial charge < -0.3 is 37.2 Å². The minimum atomic E-state index is -1.24. The molecule has 0 atom stereocenters. The monoisotopic (exact) mass is 450 g/mol. The molecule has 25 heavy (non-hydrogen) atoms. The van der Waals surface area contributed by atoms with Crippen LogP contribution in [0.1, 0.15) is 42.5 Å². The van der Waals surface area contributed by atoms with Crippen LogP contribution in [0.3, 0.4) is 0 Å². The third-order valence-electron chi connectivity index (χ3n) is 4.95. The second-order valence-corrected chi connectivity index (χ2v) is 14.1. The Morgan fingerprint density at radius 1 is 0.920 bits per heavy atom. The molecule has 0 saturated carbocycles. The summed E-state index contributed by atoms with van der Waals surface area (Å²) in [7, 11) is -1.24. The molecule has 0 radical (unpaired) electrons. The Labute approximate surface area is 186 Å². The molecular weight excluding hydrogens is 423 g/mol. The predicted octanol–water partition coefficient (Wildman–Crippen LogP) is -3.09. The number of halogens is 3. The van der Waals surface area contributed by atoms with Gasteiger partial charge in [-0.2, -0.15) is 0 Å². The molecule has 1 aromatic rings. The molecule has 0 unspecified atom stereocenters. The molecule has 0 nitrogen and oxygen atoms in total.